The number of benzene rings is 1. The third-order valence-electron chi connectivity index (χ3n) is 7.25. The molecule has 0 radical (unpaired) electrons. The molecule has 0 spiro atoms. The van der Waals surface area contributed by atoms with Crippen molar-refractivity contribution in [1.82, 2.24) is 25.1 Å². The van der Waals surface area contributed by atoms with Crippen LogP contribution in [0.15, 0.2) is 18.2 Å². The summed E-state index contributed by atoms with van der Waals surface area (Å²) in [5, 5.41) is 21.5. The highest BCUT2D eigenvalue weighted by molar-refractivity contribution is 5.96. The lowest BCUT2D eigenvalue weighted by Crippen LogP contribution is -2.57. The number of alkyl halides is 3. The average molecular weight is 588 g/mol. The number of amides is 1. The van der Waals surface area contributed by atoms with Gasteiger partial charge in [0.15, 0.2) is 17.3 Å². The smallest absolute Gasteiger partial charge is 0.507 e. The number of nitrogens with zero attached hydrogens (tertiary/aromatic N) is 5. The Bertz CT molecular complexity index is 1210. The Balaban J connectivity index is 1.32. The molecule has 226 valence electrons. The highest BCUT2D eigenvalue weighted by Crippen LogP contribution is 2.32. The van der Waals surface area contributed by atoms with Crippen molar-refractivity contribution >= 4 is 17.5 Å². The van der Waals surface area contributed by atoms with Gasteiger partial charge in [-0.2, -0.15) is 4.98 Å². The summed E-state index contributed by atoms with van der Waals surface area (Å²) in [5.41, 5.74) is 6.15. The molecule has 4 rings (SSSR count). The van der Waals surface area contributed by atoms with Crippen molar-refractivity contribution in [2.24, 2.45) is 0 Å². The normalized spacial score (nSPS) is 19.3. The maximum absolute atomic E-state index is 13.4. The van der Waals surface area contributed by atoms with Crippen LogP contribution >= 0.6 is 0 Å². The van der Waals surface area contributed by atoms with Crippen LogP contribution in [0.5, 0.6) is 17.4 Å². The molecule has 2 aromatic rings. The topological polar surface area (TPSA) is 150 Å². The fourth-order valence-corrected chi connectivity index (χ4v) is 5.33. The van der Waals surface area contributed by atoms with Crippen LogP contribution < -0.4 is 25.6 Å². The van der Waals surface area contributed by atoms with Crippen LogP contribution in [-0.2, 0) is 6.54 Å². The number of hydrogen-bond donors (Lipinski definition) is 4. The number of likely N-dealkylation sites (tertiary alicyclic amines) is 1. The number of nitrogens with one attached hydrogen (secondary N) is 1. The van der Waals surface area contributed by atoms with Gasteiger partial charge in [0.1, 0.15) is 11.5 Å². The number of hydrogen-bond acceptors (Lipinski definition) is 11. The number of phenols is 1. The number of halogens is 4. The van der Waals surface area contributed by atoms with Crippen LogP contribution in [0.1, 0.15) is 35.8 Å². The molecule has 5 N–H and O–H groups in total. The second-order valence-corrected chi connectivity index (χ2v) is 10.0. The van der Waals surface area contributed by atoms with Crippen LogP contribution in [-0.4, -0.2) is 100 Å². The molecule has 2 fully saturated rings. The summed E-state index contributed by atoms with van der Waals surface area (Å²) >= 11 is 0. The zero-order valence-corrected chi connectivity index (χ0v) is 22.4. The van der Waals surface area contributed by atoms with Gasteiger partial charge in [0.25, 0.3) is 5.91 Å². The number of aliphatic hydroxyl groups is 1. The Morgan fingerprint density at radius 2 is 1.93 bits per heavy atom. The highest BCUT2D eigenvalue weighted by atomic mass is 19.4. The number of piperidine rings is 1. The fourth-order valence-electron chi connectivity index (χ4n) is 5.33. The van der Waals surface area contributed by atoms with Crippen molar-refractivity contribution in [3.05, 3.63) is 29.5 Å². The Kier molecular flexibility index (Phi) is 9.55. The van der Waals surface area contributed by atoms with Crippen LogP contribution in [0.25, 0.3) is 0 Å². The minimum Gasteiger partial charge on any atom is -0.507 e. The van der Waals surface area contributed by atoms with E-state index in [1.807, 2.05) is 6.92 Å². The number of phenolic OH excluding ortho intramolecular Hbond substituents is 1. The Morgan fingerprint density at radius 1 is 1.20 bits per heavy atom. The van der Waals surface area contributed by atoms with Gasteiger partial charge >= 0.3 is 12.2 Å². The van der Waals surface area contributed by atoms with Crippen molar-refractivity contribution in [3.63, 3.8) is 0 Å². The molecular formula is C25H33F4N7O5. The fraction of sp³-hybridized carbons (Fsp3) is 0.560. The Morgan fingerprint density at radius 3 is 2.54 bits per heavy atom. The first-order valence-corrected chi connectivity index (χ1v) is 13.1. The number of anilines is 2. The van der Waals surface area contributed by atoms with E-state index in [9.17, 15) is 27.6 Å². The minimum atomic E-state index is -4.83. The first-order chi connectivity index (χ1) is 19.5. The summed E-state index contributed by atoms with van der Waals surface area (Å²) in [6.45, 7) is 5.23. The van der Waals surface area contributed by atoms with Crippen LogP contribution in [0.2, 0.25) is 0 Å². The molecule has 2 saturated heterocycles. The van der Waals surface area contributed by atoms with Gasteiger partial charge in [-0.05, 0) is 38.9 Å². The summed E-state index contributed by atoms with van der Waals surface area (Å²) in [7, 11) is 0. The predicted molar refractivity (Wildman–Crippen MR) is 139 cm³/mol. The Labute approximate surface area is 233 Å². The molecule has 1 amide bonds. The summed E-state index contributed by atoms with van der Waals surface area (Å²) < 4.78 is 54.5. The quantitative estimate of drug-likeness (QED) is 0.318. The first-order valence-electron chi connectivity index (χ1n) is 13.1. The van der Waals surface area contributed by atoms with E-state index in [-0.39, 0.29) is 48.3 Å². The molecule has 1 atom stereocenters. The molecule has 2 aliphatic heterocycles. The number of ether oxygens (including phenoxy) is 1. The van der Waals surface area contributed by atoms with Gasteiger partial charge in [-0.3, -0.25) is 19.5 Å². The van der Waals surface area contributed by atoms with Crippen LogP contribution in [0.4, 0.5) is 29.3 Å². The van der Waals surface area contributed by atoms with Gasteiger partial charge < -0.3 is 30.9 Å². The second-order valence-electron chi connectivity index (χ2n) is 10.0. The maximum atomic E-state index is 13.4. The molecule has 0 bridgehead atoms. The van der Waals surface area contributed by atoms with Gasteiger partial charge in [-0.15, -0.1) is 13.2 Å². The molecular weight excluding hydrogens is 554 g/mol. The lowest BCUT2D eigenvalue weighted by atomic mass is 9.99. The first kappa shape index (κ1) is 30.3. The maximum Gasteiger partial charge on any atom is 0.573 e. The largest absolute Gasteiger partial charge is 0.573 e. The van der Waals surface area contributed by atoms with Gasteiger partial charge in [-0.25, -0.2) is 4.98 Å². The molecule has 2 aliphatic rings. The number of carbonyl (C=O) groups is 1. The number of piperazine rings is 1. The van der Waals surface area contributed by atoms with Crippen molar-refractivity contribution in [2.45, 2.75) is 44.8 Å². The number of nitrogens with two attached hydrogens (primary N) is 1. The standard InChI is InChI=1S/C25H33F4N7O5/c1-15-13-35(22-24(41-29)32-20(21(30)33-22)23(39)31-6-11-37)9-10-36(15)17-4-7-34(8-5-17)14-16-2-3-18(12-19(16)38)40-25(26,27)28/h2-3,12,15,17,37-38H,4-11,13-14H2,1H3,(H2,30,33)(H,31,39). The number of nitrogen functional groups attached to an aromatic ring is 1. The lowest BCUT2D eigenvalue weighted by molar-refractivity contribution is -0.274. The summed E-state index contributed by atoms with van der Waals surface area (Å²) in [4.78, 5) is 30.5. The molecule has 0 saturated carbocycles. The summed E-state index contributed by atoms with van der Waals surface area (Å²) in [6.07, 6.45) is -3.13. The van der Waals surface area contributed by atoms with Gasteiger partial charge in [0.05, 0.1) is 6.61 Å². The van der Waals surface area contributed by atoms with Crippen molar-refractivity contribution < 1.29 is 42.4 Å². The molecule has 12 nitrogen and oxygen atoms in total. The third-order valence-corrected chi connectivity index (χ3v) is 7.25. The van der Waals surface area contributed by atoms with Gasteiger partial charge in [0, 0.05) is 61.0 Å². The summed E-state index contributed by atoms with van der Waals surface area (Å²) in [6, 6.07) is 3.93. The van der Waals surface area contributed by atoms with E-state index in [0.29, 0.717) is 31.7 Å². The molecule has 3 heterocycles. The minimum absolute atomic E-state index is 0.0255. The van der Waals surface area contributed by atoms with E-state index in [1.165, 1.54) is 12.1 Å². The SMILES string of the molecule is CC1CN(c2nc(N)c(C(=O)NCCO)nc2OF)CCN1C1CCN(Cc2ccc(OC(F)(F)F)cc2O)CC1. The third kappa shape index (κ3) is 7.56. The van der Waals surface area contributed by atoms with Crippen LogP contribution in [0, 0.1) is 0 Å². The zero-order chi connectivity index (χ0) is 29.7. The monoisotopic (exact) mass is 587 g/mol. The predicted octanol–water partition coefficient (Wildman–Crippen LogP) is 1.82. The van der Waals surface area contributed by atoms with Crippen molar-refractivity contribution in [3.8, 4) is 17.4 Å². The number of aromatic nitrogens is 2. The Hall–Kier alpha value is -3.63. The van der Waals surface area contributed by atoms with Gasteiger partial charge in [0.2, 0.25) is 0 Å². The van der Waals surface area contributed by atoms with Crippen molar-refractivity contribution in [1.29, 1.82) is 0 Å². The number of carbonyl (C=O) groups excluding carboxylic acids is 1. The van der Waals surface area contributed by atoms with E-state index in [0.717, 1.165) is 32.0 Å². The molecule has 41 heavy (non-hydrogen) atoms. The zero-order valence-electron chi connectivity index (χ0n) is 22.4. The second kappa shape index (κ2) is 12.9. The highest BCUT2D eigenvalue weighted by Gasteiger charge is 2.35. The summed E-state index contributed by atoms with van der Waals surface area (Å²) in [5.74, 6) is -1.99. The van der Waals surface area contributed by atoms with Crippen molar-refractivity contribution in [2.75, 3.05) is 56.5 Å². The molecule has 1 aromatic carbocycles. The molecule has 1 aromatic heterocycles. The number of aromatic hydroxyl groups is 1. The van der Waals surface area contributed by atoms with E-state index in [2.05, 4.69) is 34.8 Å². The number of aliphatic hydroxyl groups excluding tert-OH is 1. The van der Waals surface area contributed by atoms with E-state index in [1.54, 1.807) is 4.90 Å². The molecule has 16 heteroatoms. The van der Waals surface area contributed by atoms with E-state index >= 15 is 0 Å². The van der Waals surface area contributed by atoms with Crippen LogP contribution in [0.3, 0.4) is 0 Å². The molecule has 1 unspecified atom stereocenters. The average Bonchev–Trinajstić information content (AvgIpc) is 2.92. The van der Waals surface area contributed by atoms with Gasteiger partial charge in [-0.1, -0.05) is 6.07 Å². The van der Waals surface area contributed by atoms with E-state index < -0.39 is 23.9 Å². The molecule has 0 aliphatic carbocycles. The number of rotatable bonds is 9. The lowest BCUT2D eigenvalue weighted by Gasteiger charge is -2.46. The van der Waals surface area contributed by atoms with E-state index in [4.69, 9.17) is 10.8 Å².